The van der Waals surface area contributed by atoms with E-state index in [-0.39, 0.29) is 0 Å². The monoisotopic (exact) mass is 1450 g/mol. The van der Waals surface area contributed by atoms with E-state index in [1.54, 1.807) is 0 Å². The standard InChI is InChI=1S/C104H94N2Si3/c1-3-5-7-9-11-35-75-107(99-61-37-45-81-43-19-21-47-85(81)99,105-95-57-31-27-49-87(95)88-50-28-32-58-96(88)105)101-71-73-103(93-55-25-23-53-91(93)101)109(83-67-63-79(64-68-83)77-39-15-13-16-40-77,84-69-65-80(66-70-84)78-41-17-14-18-42-78)104-74-72-102(92-54-24-26-56-94(92)104)108(76-36-12-10-8-6-4-2,100-62-38-46-82-44-20-22-48-86(82)100)106-97-59-33-29-51-89(97)90-52-30-34-60-98(90)106/h13-34,37-74H,3-12,35-36,75-76H2,1-2H3. The molecule has 0 aliphatic rings. The third kappa shape index (κ3) is 12.0. The number of hydrogen-bond donors (Lipinski definition) is 0. The van der Waals surface area contributed by atoms with Crippen molar-refractivity contribution in [1.82, 2.24) is 8.47 Å². The van der Waals surface area contributed by atoms with Crippen LogP contribution < -0.4 is 41.5 Å². The molecule has 16 aromatic carbocycles. The van der Waals surface area contributed by atoms with Crippen LogP contribution in [0.4, 0.5) is 0 Å². The topological polar surface area (TPSA) is 9.86 Å². The summed E-state index contributed by atoms with van der Waals surface area (Å²) in [6.45, 7) is 4.69. The second kappa shape index (κ2) is 30.5. The van der Waals surface area contributed by atoms with Gasteiger partial charge in [-0.2, -0.15) is 0 Å². The molecule has 0 fully saturated rings. The Bertz CT molecular complexity index is 5790. The molecule has 0 radical (unpaired) electrons. The minimum atomic E-state index is -3.66. The number of para-hydroxylation sites is 4. The molecule has 109 heavy (non-hydrogen) atoms. The smallest absolute Gasteiger partial charge is 0.226 e. The van der Waals surface area contributed by atoms with Crippen LogP contribution in [0.1, 0.15) is 90.9 Å². The van der Waals surface area contributed by atoms with Crippen LogP contribution in [0, 0.1) is 0 Å². The zero-order valence-corrected chi connectivity index (χ0v) is 65.9. The predicted octanol–water partition coefficient (Wildman–Crippen LogP) is 23.2. The van der Waals surface area contributed by atoms with Gasteiger partial charge in [0.15, 0.2) is 8.07 Å². The molecule has 2 unspecified atom stereocenters. The van der Waals surface area contributed by atoms with Gasteiger partial charge in [-0.15, -0.1) is 0 Å². The van der Waals surface area contributed by atoms with Crippen LogP contribution in [-0.4, -0.2) is 33.0 Å². The molecule has 2 aromatic heterocycles. The molecule has 0 bridgehead atoms. The van der Waals surface area contributed by atoms with Crippen LogP contribution in [0.2, 0.25) is 12.1 Å². The molecule has 2 nitrogen and oxygen atoms in total. The highest BCUT2D eigenvalue weighted by Crippen LogP contribution is 2.40. The summed E-state index contributed by atoms with van der Waals surface area (Å²) in [6.07, 6.45) is 14.6. The minimum absolute atomic E-state index is 1.04. The van der Waals surface area contributed by atoms with E-state index in [0.717, 1.165) is 24.9 Å². The molecular weight excluding hydrogens is 1360 g/mol. The quantitative estimate of drug-likeness (QED) is 0.0291. The lowest BCUT2D eigenvalue weighted by atomic mass is 10.1. The first-order chi connectivity index (χ1) is 54.0. The first-order valence-corrected chi connectivity index (χ1v) is 46.7. The lowest BCUT2D eigenvalue weighted by Gasteiger charge is -2.41. The molecule has 0 saturated heterocycles. The summed E-state index contributed by atoms with van der Waals surface area (Å²) in [4.78, 5) is 0. The van der Waals surface area contributed by atoms with E-state index in [4.69, 9.17) is 0 Å². The van der Waals surface area contributed by atoms with Gasteiger partial charge in [-0.25, -0.2) is 0 Å². The number of aromatic nitrogens is 2. The van der Waals surface area contributed by atoms with Crippen LogP contribution in [0.3, 0.4) is 0 Å². The second-order valence-electron chi connectivity index (χ2n) is 30.6. The van der Waals surface area contributed by atoms with Crippen molar-refractivity contribution in [2.75, 3.05) is 0 Å². The van der Waals surface area contributed by atoms with Crippen molar-refractivity contribution in [3.63, 3.8) is 0 Å². The molecule has 18 aromatic rings. The van der Waals surface area contributed by atoms with Crippen LogP contribution in [-0.2, 0) is 0 Å². The number of rotatable bonds is 26. The van der Waals surface area contributed by atoms with Crippen molar-refractivity contribution >= 4 is 153 Å². The van der Waals surface area contributed by atoms with Crippen molar-refractivity contribution in [1.29, 1.82) is 0 Å². The number of nitrogens with zero attached hydrogens (tertiary/aromatic N) is 2. The van der Waals surface area contributed by atoms with E-state index in [9.17, 15) is 0 Å². The van der Waals surface area contributed by atoms with Crippen molar-refractivity contribution in [2.45, 2.75) is 103 Å². The van der Waals surface area contributed by atoms with Crippen molar-refractivity contribution in [2.24, 2.45) is 0 Å². The van der Waals surface area contributed by atoms with Gasteiger partial charge in [0, 0.05) is 43.6 Å². The molecular formula is C104H94N2Si3. The molecule has 18 rings (SSSR count). The Morgan fingerprint density at radius 1 is 0.193 bits per heavy atom. The molecule has 2 heterocycles. The van der Waals surface area contributed by atoms with E-state index in [0.29, 0.717) is 0 Å². The molecule has 0 N–H and O–H groups in total. The second-order valence-corrected chi connectivity index (χ2v) is 41.8. The zero-order valence-electron chi connectivity index (χ0n) is 62.9. The van der Waals surface area contributed by atoms with Crippen LogP contribution in [0.15, 0.2) is 364 Å². The van der Waals surface area contributed by atoms with E-state index >= 15 is 0 Å². The SMILES string of the molecule is CCCCCCCC[Si](c1cccc2ccccc12)(c1ccc([Si](c2ccc(-c3ccccc3)cc2)(c2ccc(-c3ccccc3)cc2)c2ccc([Si](CCCCCCCC)(c3cccc4ccccc34)n3c4ccccc4c4ccccc43)c3ccccc23)c2ccccc12)n1c2ccccc2c2ccccc21. The fraction of sp³-hybridized carbons (Fsp3) is 0.154. The average molecular weight is 1460 g/mol. The number of unbranched alkanes of at least 4 members (excludes halogenated alkanes) is 10. The van der Waals surface area contributed by atoms with Gasteiger partial charge in [0.05, 0.1) is 0 Å². The first kappa shape index (κ1) is 69.5. The Morgan fingerprint density at radius 3 is 0.807 bits per heavy atom. The summed E-state index contributed by atoms with van der Waals surface area (Å²) >= 11 is 0. The number of fused-ring (bicyclic) bond motifs is 10. The van der Waals surface area contributed by atoms with Crippen molar-refractivity contribution < 1.29 is 0 Å². The molecule has 0 spiro atoms. The fourth-order valence-corrected chi connectivity index (χ4v) is 36.0. The van der Waals surface area contributed by atoms with E-state index < -0.39 is 24.5 Å². The Kier molecular flexibility index (Phi) is 19.4. The van der Waals surface area contributed by atoms with Crippen LogP contribution in [0.5, 0.6) is 0 Å². The summed E-state index contributed by atoms with van der Waals surface area (Å²) in [5.74, 6) is 0. The summed E-state index contributed by atoms with van der Waals surface area (Å²) in [5, 5.41) is 27.3. The maximum Gasteiger partial charge on any atom is 0.226 e. The van der Waals surface area contributed by atoms with Gasteiger partial charge in [-0.1, -0.05) is 431 Å². The third-order valence-electron chi connectivity index (χ3n) is 24.6. The van der Waals surface area contributed by atoms with Crippen LogP contribution >= 0.6 is 0 Å². The molecule has 532 valence electrons. The Labute approximate surface area is 645 Å². The van der Waals surface area contributed by atoms with Gasteiger partial charge >= 0.3 is 0 Å². The van der Waals surface area contributed by atoms with Gasteiger partial charge in [0.1, 0.15) is 0 Å². The van der Waals surface area contributed by atoms with Gasteiger partial charge in [-0.3, -0.25) is 0 Å². The molecule has 2 atom stereocenters. The fourth-order valence-electron chi connectivity index (χ4n) is 19.7. The van der Waals surface area contributed by atoms with Gasteiger partial charge in [0.25, 0.3) is 0 Å². The van der Waals surface area contributed by atoms with Crippen molar-refractivity contribution in [3.8, 4) is 22.3 Å². The summed E-state index contributed by atoms with van der Waals surface area (Å²) in [6, 6.07) is 145. The molecule has 0 amide bonds. The van der Waals surface area contributed by atoms with Gasteiger partial charge in [-0.05, 0) is 143 Å². The summed E-state index contributed by atoms with van der Waals surface area (Å²) in [7, 11) is -10.2. The molecule has 0 aliphatic heterocycles. The Hall–Kier alpha value is -11.2. The summed E-state index contributed by atoms with van der Waals surface area (Å²) in [5.41, 5.74) is 10.1. The number of hydrogen-bond acceptors (Lipinski definition) is 0. The third-order valence-corrected chi connectivity index (χ3v) is 39.4. The summed E-state index contributed by atoms with van der Waals surface area (Å²) < 4.78 is 5.92. The normalized spacial score (nSPS) is 13.2. The molecule has 5 heteroatoms. The van der Waals surface area contributed by atoms with Gasteiger partial charge in [0.2, 0.25) is 16.5 Å². The lowest BCUT2D eigenvalue weighted by Crippen LogP contribution is -2.75. The Balaban J connectivity index is 0.986. The lowest BCUT2D eigenvalue weighted by molar-refractivity contribution is 0.622. The van der Waals surface area contributed by atoms with E-state index in [1.807, 2.05) is 0 Å². The van der Waals surface area contributed by atoms with Gasteiger partial charge < -0.3 is 8.47 Å². The first-order valence-electron chi connectivity index (χ1n) is 40.4. The average Bonchev–Trinajstić information content (AvgIpc) is 1.68. The van der Waals surface area contributed by atoms with Crippen LogP contribution in [0.25, 0.3) is 109 Å². The Morgan fingerprint density at radius 2 is 0.450 bits per heavy atom. The highest BCUT2D eigenvalue weighted by molar-refractivity contribution is 7.22. The highest BCUT2D eigenvalue weighted by atomic mass is 28.3. The number of benzene rings is 16. The van der Waals surface area contributed by atoms with E-state index in [1.165, 1.54) is 215 Å². The van der Waals surface area contributed by atoms with Crippen molar-refractivity contribution in [3.05, 3.63) is 364 Å². The predicted molar refractivity (Wildman–Crippen MR) is 480 cm³/mol. The highest BCUT2D eigenvalue weighted by Gasteiger charge is 2.50. The molecule has 0 aliphatic carbocycles. The maximum absolute atomic E-state index is 3.66. The van der Waals surface area contributed by atoms with E-state index in [2.05, 4.69) is 386 Å². The zero-order chi connectivity index (χ0) is 73.1. The largest absolute Gasteiger partial charge is 0.359 e. The maximum atomic E-state index is 2.96. The minimum Gasteiger partial charge on any atom is -0.359 e. The molecule has 0 saturated carbocycles.